The molecule has 1 aliphatic rings. The predicted molar refractivity (Wildman–Crippen MR) is 87.8 cm³/mol. The average Bonchev–Trinajstić information content (AvgIpc) is 2.55. The third-order valence-corrected chi connectivity index (χ3v) is 4.14. The molecule has 0 radical (unpaired) electrons. The first-order valence-corrected chi connectivity index (χ1v) is 7.79. The number of benzene rings is 1. The highest BCUT2D eigenvalue weighted by Crippen LogP contribution is 2.33. The number of carbonyl (C=O) groups is 1. The summed E-state index contributed by atoms with van der Waals surface area (Å²) in [6.45, 7) is 3.03. The first kappa shape index (κ1) is 14.6. The van der Waals surface area contributed by atoms with Gasteiger partial charge in [0.25, 0.3) is 0 Å². The first-order valence-electron chi connectivity index (χ1n) is 7.79. The van der Waals surface area contributed by atoms with Crippen LogP contribution in [0.1, 0.15) is 26.2 Å². The standard InChI is InChI=1S/C17H21N3O2/c1-2-22-17(21)14-8-3-4-11-20(14)16-15-12(9-10-19-16)6-5-7-13(15)18/h5-7,9-10,14H,2-4,8,11,18H2,1H3. The van der Waals surface area contributed by atoms with Crippen molar-refractivity contribution < 1.29 is 9.53 Å². The Labute approximate surface area is 130 Å². The number of esters is 1. The van der Waals surface area contributed by atoms with Crippen LogP contribution in [0.4, 0.5) is 11.5 Å². The van der Waals surface area contributed by atoms with Crippen molar-refractivity contribution in [1.82, 2.24) is 4.98 Å². The molecule has 2 aromatic rings. The number of hydrogen-bond donors (Lipinski definition) is 1. The lowest BCUT2D eigenvalue weighted by atomic mass is 10.0. The minimum atomic E-state index is -0.272. The Morgan fingerprint density at radius 3 is 3.09 bits per heavy atom. The second-order valence-corrected chi connectivity index (χ2v) is 5.54. The van der Waals surface area contributed by atoms with E-state index < -0.39 is 0 Å². The Morgan fingerprint density at radius 1 is 1.41 bits per heavy atom. The van der Waals surface area contributed by atoms with E-state index in [4.69, 9.17) is 10.5 Å². The Balaban J connectivity index is 2.06. The zero-order chi connectivity index (χ0) is 15.5. The molecule has 2 N–H and O–H groups in total. The van der Waals surface area contributed by atoms with Crippen LogP contribution in [0.2, 0.25) is 0 Å². The van der Waals surface area contributed by atoms with Gasteiger partial charge in [0.15, 0.2) is 0 Å². The van der Waals surface area contributed by atoms with Gasteiger partial charge in [-0.1, -0.05) is 12.1 Å². The quantitative estimate of drug-likeness (QED) is 0.697. The number of nitrogens with zero attached hydrogens (tertiary/aromatic N) is 2. The third kappa shape index (κ3) is 2.58. The summed E-state index contributed by atoms with van der Waals surface area (Å²) >= 11 is 0. The van der Waals surface area contributed by atoms with Crippen molar-refractivity contribution in [3.05, 3.63) is 30.5 Å². The van der Waals surface area contributed by atoms with Crippen LogP contribution in [0.5, 0.6) is 0 Å². The molecule has 1 atom stereocenters. The van der Waals surface area contributed by atoms with Crippen LogP contribution in [0.15, 0.2) is 30.5 Å². The third-order valence-electron chi connectivity index (χ3n) is 4.14. The summed E-state index contributed by atoms with van der Waals surface area (Å²) in [5.41, 5.74) is 6.85. The van der Waals surface area contributed by atoms with Gasteiger partial charge in [0.2, 0.25) is 0 Å². The van der Waals surface area contributed by atoms with Crippen molar-refractivity contribution in [3.63, 3.8) is 0 Å². The fourth-order valence-corrected chi connectivity index (χ4v) is 3.12. The molecular formula is C17H21N3O2. The van der Waals surface area contributed by atoms with E-state index >= 15 is 0 Å². The number of nitrogens with two attached hydrogens (primary N) is 1. The number of hydrogen-bond acceptors (Lipinski definition) is 5. The molecule has 0 saturated carbocycles. The number of aromatic nitrogens is 1. The number of carbonyl (C=O) groups excluding carboxylic acids is 1. The number of nitrogen functional groups attached to an aromatic ring is 1. The van der Waals surface area contributed by atoms with Gasteiger partial charge >= 0.3 is 5.97 Å². The van der Waals surface area contributed by atoms with Gasteiger partial charge in [0.1, 0.15) is 11.9 Å². The molecule has 0 aliphatic carbocycles. The number of piperidine rings is 1. The smallest absolute Gasteiger partial charge is 0.328 e. The molecule has 3 rings (SSSR count). The van der Waals surface area contributed by atoms with Crippen molar-refractivity contribution in [2.24, 2.45) is 0 Å². The fourth-order valence-electron chi connectivity index (χ4n) is 3.12. The van der Waals surface area contributed by atoms with Gasteiger partial charge in [-0.3, -0.25) is 0 Å². The molecule has 2 heterocycles. The molecule has 5 heteroatoms. The van der Waals surface area contributed by atoms with Crippen molar-refractivity contribution in [2.45, 2.75) is 32.2 Å². The monoisotopic (exact) mass is 299 g/mol. The van der Waals surface area contributed by atoms with E-state index in [1.54, 1.807) is 6.20 Å². The minimum Gasteiger partial charge on any atom is -0.464 e. The molecule has 1 saturated heterocycles. The van der Waals surface area contributed by atoms with E-state index in [0.717, 1.165) is 42.4 Å². The lowest BCUT2D eigenvalue weighted by Crippen LogP contribution is -2.46. The summed E-state index contributed by atoms with van der Waals surface area (Å²) in [7, 11) is 0. The Kier molecular flexibility index (Phi) is 4.13. The normalized spacial score (nSPS) is 18.4. The lowest BCUT2D eigenvalue weighted by molar-refractivity contribution is -0.145. The van der Waals surface area contributed by atoms with E-state index in [0.29, 0.717) is 12.3 Å². The second kappa shape index (κ2) is 6.22. The van der Waals surface area contributed by atoms with Gasteiger partial charge in [0.05, 0.1) is 6.61 Å². The van der Waals surface area contributed by atoms with E-state index in [2.05, 4.69) is 9.88 Å². The van der Waals surface area contributed by atoms with Crippen molar-refractivity contribution >= 4 is 28.2 Å². The topological polar surface area (TPSA) is 68.5 Å². The maximum absolute atomic E-state index is 12.3. The van der Waals surface area contributed by atoms with Crippen LogP contribution in [0, 0.1) is 0 Å². The lowest BCUT2D eigenvalue weighted by Gasteiger charge is -2.35. The highest BCUT2D eigenvalue weighted by atomic mass is 16.5. The zero-order valence-electron chi connectivity index (χ0n) is 12.8. The number of fused-ring (bicyclic) bond motifs is 1. The molecular weight excluding hydrogens is 278 g/mol. The highest BCUT2D eigenvalue weighted by molar-refractivity contribution is 6.02. The molecule has 0 amide bonds. The molecule has 1 aliphatic heterocycles. The first-order chi connectivity index (χ1) is 10.7. The van der Waals surface area contributed by atoms with E-state index in [9.17, 15) is 4.79 Å². The Hall–Kier alpha value is -2.30. The van der Waals surface area contributed by atoms with E-state index in [1.165, 1.54) is 0 Å². The van der Waals surface area contributed by atoms with Gasteiger partial charge in [0, 0.05) is 23.8 Å². The molecule has 0 spiro atoms. The maximum Gasteiger partial charge on any atom is 0.328 e. The SMILES string of the molecule is CCOC(=O)C1CCCCN1c1nccc2cccc(N)c12. The molecule has 1 fully saturated rings. The molecule has 5 nitrogen and oxygen atoms in total. The fraction of sp³-hybridized carbons (Fsp3) is 0.412. The Bertz CT molecular complexity index is 681. The summed E-state index contributed by atoms with van der Waals surface area (Å²) in [6.07, 6.45) is 4.64. The van der Waals surface area contributed by atoms with Gasteiger partial charge in [-0.2, -0.15) is 0 Å². The van der Waals surface area contributed by atoms with Crippen LogP contribution in [-0.4, -0.2) is 30.1 Å². The van der Waals surface area contributed by atoms with Crippen LogP contribution < -0.4 is 10.6 Å². The number of pyridine rings is 1. The van der Waals surface area contributed by atoms with Crippen LogP contribution >= 0.6 is 0 Å². The molecule has 116 valence electrons. The van der Waals surface area contributed by atoms with Gasteiger partial charge in [-0.15, -0.1) is 0 Å². The molecule has 22 heavy (non-hydrogen) atoms. The summed E-state index contributed by atoms with van der Waals surface area (Å²) in [5.74, 6) is 0.615. The number of anilines is 2. The molecule has 1 unspecified atom stereocenters. The summed E-state index contributed by atoms with van der Waals surface area (Å²) in [4.78, 5) is 18.9. The molecule has 1 aromatic carbocycles. The largest absolute Gasteiger partial charge is 0.464 e. The van der Waals surface area contributed by atoms with Gasteiger partial charge in [-0.25, -0.2) is 9.78 Å². The summed E-state index contributed by atoms with van der Waals surface area (Å²) in [6, 6.07) is 7.49. The highest BCUT2D eigenvalue weighted by Gasteiger charge is 2.31. The minimum absolute atomic E-state index is 0.171. The predicted octanol–water partition coefficient (Wildman–Crippen LogP) is 2.74. The number of rotatable bonds is 3. The van der Waals surface area contributed by atoms with Gasteiger partial charge < -0.3 is 15.4 Å². The summed E-state index contributed by atoms with van der Waals surface area (Å²) in [5, 5.41) is 1.96. The molecule has 1 aromatic heterocycles. The zero-order valence-corrected chi connectivity index (χ0v) is 12.8. The molecule has 0 bridgehead atoms. The van der Waals surface area contributed by atoms with Crippen molar-refractivity contribution in [2.75, 3.05) is 23.8 Å². The van der Waals surface area contributed by atoms with Crippen molar-refractivity contribution in [1.29, 1.82) is 0 Å². The summed E-state index contributed by atoms with van der Waals surface area (Å²) < 4.78 is 5.24. The second-order valence-electron chi connectivity index (χ2n) is 5.54. The van der Waals surface area contributed by atoms with E-state index in [1.807, 2.05) is 31.2 Å². The van der Waals surface area contributed by atoms with Crippen LogP contribution in [0.3, 0.4) is 0 Å². The maximum atomic E-state index is 12.3. The van der Waals surface area contributed by atoms with Crippen LogP contribution in [0.25, 0.3) is 10.8 Å². The van der Waals surface area contributed by atoms with Gasteiger partial charge in [-0.05, 0) is 43.7 Å². The Morgan fingerprint density at radius 2 is 2.27 bits per heavy atom. The van der Waals surface area contributed by atoms with Crippen LogP contribution in [-0.2, 0) is 9.53 Å². The number of ether oxygens (including phenoxy) is 1. The van der Waals surface area contributed by atoms with Crippen molar-refractivity contribution in [3.8, 4) is 0 Å². The van der Waals surface area contributed by atoms with E-state index in [-0.39, 0.29) is 12.0 Å². The average molecular weight is 299 g/mol.